The molecule has 0 radical (unpaired) electrons. The fraction of sp³-hybridized carbons (Fsp3) is 0.294. The van der Waals surface area contributed by atoms with Gasteiger partial charge in [0.25, 0.3) is 0 Å². The van der Waals surface area contributed by atoms with Crippen molar-refractivity contribution in [2.24, 2.45) is 5.73 Å². The number of nitrogens with two attached hydrogens (primary N) is 1. The minimum absolute atomic E-state index is 0.0120. The maximum absolute atomic E-state index is 13.2. The molecule has 1 unspecified atom stereocenters. The molecule has 1 nitrogen and oxygen atoms in total. The highest BCUT2D eigenvalue weighted by Gasteiger charge is 2.08. The maximum Gasteiger partial charge on any atom is 0.123 e. The third-order valence-electron chi connectivity index (χ3n) is 3.37. The largest absolute Gasteiger partial charge is 0.327 e. The second-order valence-corrected chi connectivity index (χ2v) is 5.48. The molecule has 2 N–H and O–H groups in total. The quantitative estimate of drug-likeness (QED) is 0.840. The molecule has 0 aliphatic carbocycles. The third kappa shape index (κ3) is 4.62. The Labute approximate surface area is 124 Å². The van der Waals surface area contributed by atoms with Crippen LogP contribution in [0.3, 0.4) is 0 Å². The summed E-state index contributed by atoms with van der Waals surface area (Å²) in [5.74, 6) is -0.263. The monoisotopic (exact) mass is 291 g/mol. The Morgan fingerprint density at radius 1 is 1.10 bits per heavy atom. The normalized spacial score (nSPS) is 12.3. The van der Waals surface area contributed by atoms with Gasteiger partial charge in [0.1, 0.15) is 5.82 Å². The average molecular weight is 292 g/mol. The Kier molecular flexibility index (Phi) is 5.57. The molecule has 0 aromatic heterocycles. The predicted molar refractivity (Wildman–Crippen MR) is 82.5 cm³/mol. The summed E-state index contributed by atoms with van der Waals surface area (Å²) in [5.41, 5.74) is 8.22. The Hall–Kier alpha value is -1.38. The third-order valence-corrected chi connectivity index (χ3v) is 3.74. The van der Waals surface area contributed by atoms with E-state index in [9.17, 15) is 4.39 Å². The molecule has 3 heteroatoms. The van der Waals surface area contributed by atoms with Crippen LogP contribution in [0, 0.1) is 5.82 Å². The van der Waals surface area contributed by atoms with E-state index in [2.05, 4.69) is 12.1 Å². The Morgan fingerprint density at radius 3 is 2.60 bits per heavy atom. The highest BCUT2D eigenvalue weighted by molar-refractivity contribution is 6.31. The van der Waals surface area contributed by atoms with E-state index in [1.165, 1.54) is 17.7 Å². The number of hydrogen-bond acceptors (Lipinski definition) is 1. The van der Waals surface area contributed by atoms with E-state index in [1.54, 1.807) is 6.07 Å². The molecule has 20 heavy (non-hydrogen) atoms. The van der Waals surface area contributed by atoms with Crippen molar-refractivity contribution in [3.8, 4) is 0 Å². The molecule has 0 aliphatic rings. The Bertz CT molecular complexity index is 542. The van der Waals surface area contributed by atoms with Gasteiger partial charge in [-0.2, -0.15) is 0 Å². The van der Waals surface area contributed by atoms with Crippen molar-refractivity contribution >= 4 is 11.6 Å². The summed E-state index contributed by atoms with van der Waals surface area (Å²) in [4.78, 5) is 0. The van der Waals surface area contributed by atoms with E-state index in [0.717, 1.165) is 24.8 Å². The molecule has 0 spiro atoms. The number of rotatable bonds is 6. The summed E-state index contributed by atoms with van der Waals surface area (Å²) in [6.45, 7) is 0. The zero-order valence-corrected chi connectivity index (χ0v) is 12.1. The van der Waals surface area contributed by atoms with Crippen molar-refractivity contribution in [2.45, 2.75) is 31.7 Å². The zero-order chi connectivity index (χ0) is 14.4. The van der Waals surface area contributed by atoms with Gasteiger partial charge >= 0.3 is 0 Å². The smallest absolute Gasteiger partial charge is 0.123 e. The van der Waals surface area contributed by atoms with Gasteiger partial charge in [-0.1, -0.05) is 41.9 Å². The first-order chi connectivity index (χ1) is 9.65. The topological polar surface area (TPSA) is 26.0 Å². The summed E-state index contributed by atoms with van der Waals surface area (Å²) < 4.78 is 13.2. The van der Waals surface area contributed by atoms with Gasteiger partial charge < -0.3 is 5.73 Å². The molecule has 0 aliphatic heterocycles. The molecule has 0 fully saturated rings. The van der Waals surface area contributed by atoms with Gasteiger partial charge in [0, 0.05) is 11.1 Å². The molecular formula is C17H19ClFN. The van der Waals surface area contributed by atoms with Gasteiger partial charge in [-0.25, -0.2) is 4.39 Å². The van der Waals surface area contributed by atoms with Crippen LogP contribution in [0.1, 0.15) is 24.0 Å². The molecule has 0 amide bonds. The number of hydrogen-bond donors (Lipinski definition) is 1. The number of benzene rings is 2. The summed E-state index contributed by atoms with van der Waals surface area (Å²) in [5, 5.41) is 0.588. The molecule has 2 aromatic carbocycles. The molecule has 106 valence electrons. The molecule has 1 atom stereocenters. The van der Waals surface area contributed by atoms with Crippen LogP contribution >= 0.6 is 11.6 Å². The average Bonchev–Trinajstić information content (AvgIpc) is 2.44. The lowest BCUT2D eigenvalue weighted by atomic mass is 10.00. The van der Waals surface area contributed by atoms with Crippen molar-refractivity contribution in [1.82, 2.24) is 0 Å². The highest BCUT2D eigenvalue weighted by atomic mass is 35.5. The minimum Gasteiger partial charge on any atom is -0.327 e. The summed E-state index contributed by atoms with van der Waals surface area (Å²) in [6, 6.07) is 14.8. The predicted octanol–water partition coefficient (Wildman–Crippen LogP) is 4.37. The van der Waals surface area contributed by atoms with Crippen molar-refractivity contribution in [3.05, 3.63) is 70.5 Å². The first-order valence-electron chi connectivity index (χ1n) is 6.88. The Balaban J connectivity index is 1.80. The maximum atomic E-state index is 13.2. The molecule has 2 rings (SSSR count). The lowest BCUT2D eigenvalue weighted by Gasteiger charge is -2.13. The minimum atomic E-state index is -0.263. The van der Waals surface area contributed by atoms with Crippen molar-refractivity contribution < 1.29 is 4.39 Å². The first-order valence-corrected chi connectivity index (χ1v) is 7.26. The molecular weight excluding hydrogens is 273 g/mol. The van der Waals surface area contributed by atoms with Gasteiger partial charge in [0.2, 0.25) is 0 Å². The summed E-state index contributed by atoms with van der Waals surface area (Å²) in [6.07, 6.45) is 3.57. The fourth-order valence-corrected chi connectivity index (χ4v) is 2.49. The number of halogens is 2. The summed E-state index contributed by atoms with van der Waals surface area (Å²) >= 11 is 6.05. The van der Waals surface area contributed by atoms with E-state index in [-0.39, 0.29) is 11.9 Å². The lowest BCUT2D eigenvalue weighted by molar-refractivity contribution is 0.575. The standard InChI is InChI=1S/C17H19ClFN/c18-17-10-9-15(19)11-14(17)12-16(20)8-4-7-13-5-2-1-3-6-13/h1-3,5-6,9-11,16H,4,7-8,12,20H2. The zero-order valence-electron chi connectivity index (χ0n) is 11.4. The molecule has 0 heterocycles. The van der Waals surface area contributed by atoms with Crippen LogP contribution in [0.2, 0.25) is 5.02 Å². The van der Waals surface area contributed by atoms with E-state index in [1.807, 2.05) is 18.2 Å². The summed E-state index contributed by atoms with van der Waals surface area (Å²) in [7, 11) is 0. The van der Waals surface area contributed by atoms with Crippen LogP contribution in [-0.2, 0) is 12.8 Å². The van der Waals surface area contributed by atoms with E-state index >= 15 is 0 Å². The van der Waals surface area contributed by atoms with Gasteiger partial charge in [-0.3, -0.25) is 0 Å². The van der Waals surface area contributed by atoms with Crippen LogP contribution in [0.5, 0.6) is 0 Å². The molecule has 0 saturated carbocycles. The Morgan fingerprint density at radius 2 is 1.85 bits per heavy atom. The van der Waals surface area contributed by atoms with Gasteiger partial charge in [0.05, 0.1) is 0 Å². The van der Waals surface area contributed by atoms with E-state index < -0.39 is 0 Å². The second kappa shape index (κ2) is 7.41. The van der Waals surface area contributed by atoms with Crippen LogP contribution in [0.15, 0.2) is 48.5 Å². The van der Waals surface area contributed by atoms with Crippen LogP contribution in [-0.4, -0.2) is 6.04 Å². The van der Waals surface area contributed by atoms with E-state index in [4.69, 9.17) is 17.3 Å². The van der Waals surface area contributed by atoms with Crippen molar-refractivity contribution in [1.29, 1.82) is 0 Å². The molecule has 0 saturated heterocycles. The SMILES string of the molecule is NC(CCCc1ccccc1)Cc1cc(F)ccc1Cl. The van der Waals surface area contributed by atoms with Crippen LogP contribution in [0.4, 0.5) is 4.39 Å². The van der Waals surface area contributed by atoms with Crippen molar-refractivity contribution in [3.63, 3.8) is 0 Å². The van der Waals surface area contributed by atoms with E-state index in [0.29, 0.717) is 11.4 Å². The molecule has 0 bridgehead atoms. The van der Waals surface area contributed by atoms with Gasteiger partial charge in [-0.05, 0) is 55.0 Å². The van der Waals surface area contributed by atoms with Crippen LogP contribution < -0.4 is 5.73 Å². The van der Waals surface area contributed by atoms with Gasteiger partial charge in [0.15, 0.2) is 0 Å². The fourth-order valence-electron chi connectivity index (χ4n) is 2.30. The lowest BCUT2D eigenvalue weighted by Crippen LogP contribution is -2.23. The number of aryl methyl sites for hydroxylation is 1. The molecule has 2 aromatic rings. The first kappa shape index (κ1) is 15.0. The second-order valence-electron chi connectivity index (χ2n) is 5.08. The highest BCUT2D eigenvalue weighted by Crippen LogP contribution is 2.19. The van der Waals surface area contributed by atoms with Gasteiger partial charge in [-0.15, -0.1) is 0 Å². The van der Waals surface area contributed by atoms with Crippen LogP contribution in [0.25, 0.3) is 0 Å². The van der Waals surface area contributed by atoms with Crippen molar-refractivity contribution in [2.75, 3.05) is 0 Å².